The van der Waals surface area contributed by atoms with Crippen LogP contribution < -0.4 is 11.1 Å². The van der Waals surface area contributed by atoms with Gasteiger partial charge in [0.1, 0.15) is 10.8 Å². The first-order chi connectivity index (χ1) is 10.2. The summed E-state index contributed by atoms with van der Waals surface area (Å²) in [6.07, 6.45) is 9.81. The van der Waals surface area contributed by atoms with E-state index in [1.807, 2.05) is 0 Å². The van der Waals surface area contributed by atoms with Gasteiger partial charge in [0, 0.05) is 11.7 Å². The van der Waals surface area contributed by atoms with Crippen molar-refractivity contribution in [3.05, 3.63) is 22.9 Å². The Labute approximate surface area is 132 Å². The van der Waals surface area contributed by atoms with Crippen LogP contribution in [0.2, 0.25) is 0 Å². The number of pyridine rings is 1. The van der Waals surface area contributed by atoms with Gasteiger partial charge in [-0.1, -0.05) is 32.0 Å². The summed E-state index contributed by atoms with van der Waals surface area (Å²) in [5.74, 6) is 1.82. The Kier molecular flexibility index (Phi) is 4.43. The molecule has 1 aromatic rings. The summed E-state index contributed by atoms with van der Waals surface area (Å²) in [6, 6.07) is 2.66. The predicted octanol–water partition coefficient (Wildman–Crippen LogP) is 3.59. The Balaban J connectivity index is 1.85. The first kappa shape index (κ1) is 14.8. The summed E-state index contributed by atoms with van der Waals surface area (Å²) >= 11 is 5.24. The van der Waals surface area contributed by atoms with Gasteiger partial charge in [-0.05, 0) is 56.1 Å². The zero-order valence-electron chi connectivity index (χ0n) is 12.8. The summed E-state index contributed by atoms with van der Waals surface area (Å²) in [4.78, 5) is 5.33. The van der Waals surface area contributed by atoms with Gasteiger partial charge in [-0.15, -0.1) is 0 Å². The van der Waals surface area contributed by atoms with E-state index in [0.29, 0.717) is 11.0 Å². The number of rotatable bonds is 6. The minimum absolute atomic E-state index is 0.458. The fourth-order valence-corrected chi connectivity index (χ4v) is 3.36. The highest BCUT2D eigenvalue weighted by molar-refractivity contribution is 7.80. The Bertz CT molecular complexity index is 537. The molecule has 1 heterocycles. The number of anilines is 1. The summed E-state index contributed by atoms with van der Waals surface area (Å²) in [6.45, 7) is 2.24. The molecule has 0 bridgehead atoms. The molecular formula is C17H25N3S. The van der Waals surface area contributed by atoms with Crippen molar-refractivity contribution in [2.75, 3.05) is 5.32 Å². The van der Waals surface area contributed by atoms with E-state index >= 15 is 0 Å². The molecule has 3 N–H and O–H groups in total. The maximum atomic E-state index is 5.93. The van der Waals surface area contributed by atoms with E-state index in [2.05, 4.69) is 18.3 Å². The molecular weight excluding hydrogens is 278 g/mol. The second-order valence-corrected chi connectivity index (χ2v) is 6.93. The number of thiocarbonyl (C=S) groups is 1. The zero-order chi connectivity index (χ0) is 14.8. The number of nitrogens with one attached hydrogen (secondary N) is 1. The SMILES string of the molecule is CCC(CC1CC1)Nc1nc2c(cc1C(N)=S)CCCC2. The Morgan fingerprint density at radius 3 is 2.86 bits per heavy atom. The smallest absolute Gasteiger partial charge is 0.136 e. The average Bonchev–Trinajstić information content (AvgIpc) is 3.29. The number of aryl methyl sites for hydroxylation is 2. The molecule has 114 valence electrons. The molecule has 0 spiro atoms. The molecule has 1 fully saturated rings. The van der Waals surface area contributed by atoms with Gasteiger partial charge in [-0.2, -0.15) is 0 Å². The fourth-order valence-electron chi connectivity index (χ4n) is 3.21. The number of nitrogens with two attached hydrogens (primary N) is 1. The molecule has 1 saturated carbocycles. The van der Waals surface area contributed by atoms with Crippen molar-refractivity contribution in [1.29, 1.82) is 0 Å². The number of aromatic nitrogens is 1. The predicted molar refractivity (Wildman–Crippen MR) is 91.8 cm³/mol. The first-order valence-electron chi connectivity index (χ1n) is 8.26. The van der Waals surface area contributed by atoms with Gasteiger partial charge in [-0.25, -0.2) is 4.98 Å². The van der Waals surface area contributed by atoms with Crippen molar-refractivity contribution in [2.24, 2.45) is 11.7 Å². The molecule has 1 aromatic heterocycles. The second kappa shape index (κ2) is 6.30. The quantitative estimate of drug-likeness (QED) is 0.789. The van der Waals surface area contributed by atoms with E-state index in [1.165, 1.54) is 43.4 Å². The molecule has 21 heavy (non-hydrogen) atoms. The molecule has 1 unspecified atom stereocenters. The van der Waals surface area contributed by atoms with E-state index < -0.39 is 0 Å². The van der Waals surface area contributed by atoms with Crippen LogP contribution >= 0.6 is 12.2 Å². The van der Waals surface area contributed by atoms with Crippen molar-refractivity contribution < 1.29 is 0 Å². The third-order valence-electron chi connectivity index (χ3n) is 4.71. The molecule has 2 aliphatic carbocycles. The molecule has 3 rings (SSSR count). The highest BCUT2D eigenvalue weighted by Crippen LogP contribution is 2.35. The molecule has 0 aromatic carbocycles. The Morgan fingerprint density at radius 2 is 2.19 bits per heavy atom. The van der Waals surface area contributed by atoms with Crippen LogP contribution in [0, 0.1) is 5.92 Å². The van der Waals surface area contributed by atoms with Crippen LogP contribution in [0.3, 0.4) is 0 Å². The lowest BCUT2D eigenvalue weighted by Crippen LogP contribution is -2.24. The Morgan fingerprint density at radius 1 is 1.43 bits per heavy atom. The molecule has 4 heteroatoms. The molecule has 2 aliphatic rings. The van der Waals surface area contributed by atoms with Gasteiger partial charge in [-0.3, -0.25) is 0 Å². The number of hydrogen-bond donors (Lipinski definition) is 2. The summed E-state index contributed by atoms with van der Waals surface area (Å²) in [5, 5.41) is 3.62. The normalized spacial score (nSPS) is 18.9. The highest BCUT2D eigenvalue weighted by atomic mass is 32.1. The fraction of sp³-hybridized carbons (Fsp3) is 0.647. The lowest BCUT2D eigenvalue weighted by atomic mass is 9.94. The van der Waals surface area contributed by atoms with Crippen molar-refractivity contribution >= 4 is 23.0 Å². The van der Waals surface area contributed by atoms with Gasteiger partial charge in [0.2, 0.25) is 0 Å². The number of nitrogens with zero attached hydrogens (tertiary/aromatic N) is 1. The largest absolute Gasteiger partial charge is 0.389 e. The van der Waals surface area contributed by atoms with Crippen LogP contribution in [-0.4, -0.2) is 16.0 Å². The summed E-state index contributed by atoms with van der Waals surface area (Å²) in [7, 11) is 0. The van der Waals surface area contributed by atoms with Crippen molar-refractivity contribution in [2.45, 2.75) is 64.3 Å². The lowest BCUT2D eigenvalue weighted by molar-refractivity contribution is 0.583. The topological polar surface area (TPSA) is 50.9 Å². The van der Waals surface area contributed by atoms with Crippen molar-refractivity contribution in [3.8, 4) is 0 Å². The monoisotopic (exact) mass is 303 g/mol. The van der Waals surface area contributed by atoms with Crippen LogP contribution in [0.4, 0.5) is 5.82 Å². The van der Waals surface area contributed by atoms with E-state index in [9.17, 15) is 0 Å². The van der Waals surface area contributed by atoms with E-state index in [4.69, 9.17) is 22.9 Å². The molecule has 0 saturated heterocycles. The highest BCUT2D eigenvalue weighted by Gasteiger charge is 2.26. The third kappa shape index (κ3) is 3.54. The number of fused-ring (bicyclic) bond motifs is 1. The maximum Gasteiger partial charge on any atom is 0.136 e. The van der Waals surface area contributed by atoms with Crippen molar-refractivity contribution in [3.63, 3.8) is 0 Å². The summed E-state index contributed by atoms with van der Waals surface area (Å²) < 4.78 is 0. The van der Waals surface area contributed by atoms with Crippen molar-refractivity contribution in [1.82, 2.24) is 4.98 Å². The maximum absolute atomic E-state index is 5.93. The number of hydrogen-bond acceptors (Lipinski definition) is 3. The standard InChI is InChI=1S/C17H25N3S/c1-2-13(9-11-7-8-11)19-17-14(16(18)21)10-12-5-3-4-6-15(12)20-17/h10-11,13H,2-9H2,1H3,(H2,18,21)(H,19,20). The van der Waals surface area contributed by atoms with Gasteiger partial charge < -0.3 is 11.1 Å². The average molecular weight is 303 g/mol. The van der Waals surface area contributed by atoms with E-state index in [1.54, 1.807) is 0 Å². The van der Waals surface area contributed by atoms with Gasteiger partial charge >= 0.3 is 0 Å². The van der Waals surface area contributed by atoms with E-state index in [-0.39, 0.29) is 0 Å². The van der Waals surface area contributed by atoms with Gasteiger partial charge in [0.05, 0.1) is 5.56 Å². The first-order valence-corrected chi connectivity index (χ1v) is 8.67. The Hall–Kier alpha value is -1.16. The summed E-state index contributed by atoms with van der Waals surface area (Å²) in [5.41, 5.74) is 9.44. The zero-order valence-corrected chi connectivity index (χ0v) is 13.6. The van der Waals surface area contributed by atoms with Crippen LogP contribution in [0.1, 0.15) is 62.3 Å². The minimum Gasteiger partial charge on any atom is -0.389 e. The van der Waals surface area contributed by atoms with Crippen LogP contribution in [-0.2, 0) is 12.8 Å². The molecule has 1 atom stereocenters. The molecule has 0 radical (unpaired) electrons. The minimum atomic E-state index is 0.458. The second-order valence-electron chi connectivity index (χ2n) is 6.49. The molecule has 0 amide bonds. The van der Waals surface area contributed by atoms with E-state index in [0.717, 1.165) is 36.6 Å². The van der Waals surface area contributed by atoms with Gasteiger partial charge in [0.25, 0.3) is 0 Å². The molecule has 0 aliphatic heterocycles. The van der Waals surface area contributed by atoms with Crippen LogP contribution in [0.25, 0.3) is 0 Å². The third-order valence-corrected chi connectivity index (χ3v) is 4.93. The molecule has 3 nitrogen and oxygen atoms in total. The van der Waals surface area contributed by atoms with Crippen LogP contribution in [0.5, 0.6) is 0 Å². The van der Waals surface area contributed by atoms with Gasteiger partial charge in [0.15, 0.2) is 0 Å². The lowest BCUT2D eigenvalue weighted by Gasteiger charge is -2.23. The van der Waals surface area contributed by atoms with Crippen LogP contribution in [0.15, 0.2) is 6.07 Å².